The zero-order valence-electron chi connectivity index (χ0n) is 16.2. The van der Waals surface area contributed by atoms with Crippen LogP contribution in [0.3, 0.4) is 0 Å². The average molecular weight is 418 g/mol. The number of methoxy groups -OCH3 is 1. The predicted molar refractivity (Wildman–Crippen MR) is 111 cm³/mol. The maximum absolute atomic E-state index is 13.4. The van der Waals surface area contributed by atoms with Crippen LogP contribution in [0.2, 0.25) is 5.02 Å². The molecule has 0 radical (unpaired) electrons. The molecule has 0 unspecified atom stereocenters. The molecule has 0 saturated heterocycles. The zero-order valence-corrected chi connectivity index (χ0v) is 17.0. The number of amides is 1. The molecule has 0 aliphatic heterocycles. The van der Waals surface area contributed by atoms with E-state index < -0.39 is 5.82 Å². The van der Waals surface area contributed by atoms with Crippen molar-refractivity contribution in [2.24, 2.45) is 0 Å². The molecule has 0 saturated carbocycles. The predicted octanol–water partition coefficient (Wildman–Crippen LogP) is 3.40. The molecule has 0 aliphatic rings. The van der Waals surface area contributed by atoms with Crippen molar-refractivity contribution >= 4 is 39.9 Å². The lowest BCUT2D eigenvalue weighted by atomic mass is 10.1. The van der Waals surface area contributed by atoms with Gasteiger partial charge in [0.2, 0.25) is 5.91 Å². The fourth-order valence-electron chi connectivity index (χ4n) is 2.84. The van der Waals surface area contributed by atoms with Gasteiger partial charge in [0, 0.05) is 36.3 Å². The van der Waals surface area contributed by atoms with Crippen molar-refractivity contribution < 1.29 is 13.9 Å². The number of nitrogens with one attached hydrogen (secondary N) is 3. The van der Waals surface area contributed by atoms with Gasteiger partial charge in [-0.05, 0) is 31.2 Å². The molecule has 1 amide bonds. The molecule has 0 spiro atoms. The highest BCUT2D eigenvalue weighted by molar-refractivity contribution is 6.31. The number of rotatable bonds is 7. The van der Waals surface area contributed by atoms with E-state index in [2.05, 4.69) is 25.9 Å². The second kappa shape index (κ2) is 9.02. The fraction of sp³-hybridized carbons (Fsp3) is 0.250. The quantitative estimate of drug-likeness (QED) is 0.546. The first-order chi connectivity index (χ1) is 13.9. The molecule has 152 valence electrons. The summed E-state index contributed by atoms with van der Waals surface area (Å²) in [6.45, 7) is 2.19. The number of benzene rings is 2. The first-order valence-corrected chi connectivity index (χ1v) is 9.29. The summed E-state index contributed by atoms with van der Waals surface area (Å²) in [5.74, 6) is 0.584. The third kappa shape index (κ3) is 4.72. The van der Waals surface area contributed by atoms with Crippen LogP contribution in [-0.4, -0.2) is 36.1 Å². The first kappa shape index (κ1) is 20.8. The molecule has 1 atom stereocenters. The fourth-order valence-corrected chi connectivity index (χ4v) is 3.02. The van der Waals surface area contributed by atoms with Gasteiger partial charge in [-0.3, -0.25) is 4.79 Å². The second-order valence-corrected chi connectivity index (χ2v) is 6.78. The zero-order chi connectivity index (χ0) is 21.0. The molecular formula is C20H21ClFN5O2. The third-order valence-corrected chi connectivity index (χ3v) is 4.75. The Morgan fingerprint density at radius 2 is 2.07 bits per heavy atom. The molecule has 2 aromatic carbocycles. The number of nitrogens with zero attached hydrogens (tertiary/aromatic N) is 2. The summed E-state index contributed by atoms with van der Waals surface area (Å²) in [6, 6.07) is 7.68. The molecule has 7 nitrogen and oxygen atoms in total. The Morgan fingerprint density at radius 1 is 1.28 bits per heavy atom. The van der Waals surface area contributed by atoms with E-state index in [1.807, 2.05) is 6.07 Å². The number of carbonyl (C=O) groups is 1. The highest BCUT2D eigenvalue weighted by Crippen LogP contribution is 2.30. The van der Waals surface area contributed by atoms with Gasteiger partial charge in [-0.2, -0.15) is 0 Å². The van der Waals surface area contributed by atoms with Crippen molar-refractivity contribution in [3.05, 3.63) is 53.1 Å². The Labute approximate surface area is 172 Å². The number of carbonyl (C=O) groups excluding carboxylic acids is 1. The van der Waals surface area contributed by atoms with Gasteiger partial charge in [-0.15, -0.1) is 0 Å². The molecule has 0 aliphatic carbocycles. The number of hydrogen-bond acceptors (Lipinski definition) is 6. The number of halogens is 2. The van der Waals surface area contributed by atoms with Gasteiger partial charge in [-0.1, -0.05) is 11.6 Å². The maximum Gasteiger partial charge on any atom is 0.236 e. The van der Waals surface area contributed by atoms with E-state index in [1.165, 1.54) is 18.5 Å². The van der Waals surface area contributed by atoms with Gasteiger partial charge in [0.25, 0.3) is 0 Å². The van der Waals surface area contributed by atoms with Crippen molar-refractivity contribution in [3.63, 3.8) is 0 Å². The smallest absolute Gasteiger partial charge is 0.236 e. The lowest BCUT2D eigenvalue weighted by molar-refractivity contribution is -0.122. The monoisotopic (exact) mass is 417 g/mol. The summed E-state index contributed by atoms with van der Waals surface area (Å²) in [4.78, 5) is 20.3. The van der Waals surface area contributed by atoms with E-state index in [-0.39, 0.29) is 17.0 Å². The molecule has 3 rings (SSSR count). The molecule has 29 heavy (non-hydrogen) atoms. The number of anilines is 2. The number of fused-ring (bicyclic) bond motifs is 1. The van der Waals surface area contributed by atoms with Crippen LogP contribution < -0.4 is 20.7 Å². The average Bonchev–Trinajstić information content (AvgIpc) is 2.73. The Hall–Kier alpha value is -2.97. The summed E-state index contributed by atoms with van der Waals surface area (Å²) in [5.41, 5.74) is 2.11. The van der Waals surface area contributed by atoms with Gasteiger partial charge in [0.1, 0.15) is 23.7 Å². The van der Waals surface area contributed by atoms with Crippen LogP contribution in [0.1, 0.15) is 12.5 Å². The van der Waals surface area contributed by atoms with Crippen molar-refractivity contribution in [1.82, 2.24) is 20.6 Å². The SMILES string of the molecule is CNC(=O)[C@@H](C)NCc1cc2c(Nc3ccc(F)c(Cl)c3)ncnc2cc1OC. The molecule has 0 bridgehead atoms. The minimum absolute atomic E-state index is 0.0168. The van der Waals surface area contributed by atoms with Crippen LogP contribution in [0.15, 0.2) is 36.7 Å². The van der Waals surface area contributed by atoms with Crippen molar-refractivity contribution in [2.75, 3.05) is 19.5 Å². The van der Waals surface area contributed by atoms with E-state index in [1.54, 1.807) is 33.2 Å². The molecule has 0 fully saturated rings. The van der Waals surface area contributed by atoms with E-state index in [4.69, 9.17) is 16.3 Å². The maximum atomic E-state index is 13.4. The molecule has 1 heterocycles. The molecule has 3 N–H and O–H groups in total. The standard InChI is InChI=1S/C20H21ClFN5O2/c1-11(20(28)23-2)24-9-12-6-14-17(8-18(12)29-3)25-10-26-19(14)27-13-4-5-16(22)15(21)7-13/h4-8,10-11,24H,9H2,1-3H3,(H,23,28)(H,25,26,27)/t11-/m1/s1. The van der Waals surface area contributed by atoms with E-state index in [9.17, 15) is 9.18 Å². The van der Waals surface area contributed by atoms with Crippen molar-refractivity contribution in [1.29, 1.82) is 0 Å². The van der Waals surface area contributed by atoms with Crippen LogP contribution in [0.4, 0.5) is 15.9 Å². The summed E-state index contributed by atoms with van der Waals surface area (Å²) in [6.07, 6.45) is 1.43. The molecule has 3 aromatic rings. The molecule has 9 heteroatoms. The van der Waals surface area contributed by atoms with Crippen molar-refractivity contribution in [3.8, 4) is 5.75 Å². The number of ether oxygens (including phenoxy) is 1. The Bertz CT molecular complexity index is 1050. The number of likely N-dealkylation sites (N-methyl/N-ethyl adjacent to an activating group) is 1. The molecule has 1 aromatic heterocycles. The second-order valence-electron chi connectivity index (χ2n) is 6.37. The Balaban J connectivity index is 1.95. The van der Waals surface area contributed by atoms with Gasteiger partial charge in [0.05, 0.1) is 23.7 Å². The Morgan fingerprint density at radius 3 is 2.76 bits per heavy atom. The summed E-state index contributed by atoms with van der Waals surface area (Å²) < 4.78 is 18.9. The first-order valence-electron chi connectivity index (χ1n) is 8.91. The van der Waals surface area contributed by atoms with Gasteiger partial charge in [0.15, 0.2) is 0 Å². The van der Waals surface area contributed by atoms with E-state index in [0.29, 0.717) is 29.3 Å². The normalized spacial score (nSPS) is 11.9. The van der Waals surface area contributed by atoms with Gasteiger partial charge < -0.3 is 20.7 Å². The summed E-state index contributed by atoms with van der Waals surface area (Å²) in [7, 11) is 3.17. The van der Waals surface area contributed by atoms with E-state index in [0.717, 1.165) is 10.9 Å². The van der Waals surface area contributed by atoms with Crippen molar-refractivity contribution in [2.45, 2.75) is 19.5 Å². The highest BCUT2D eigenvalue weighted by Gasteiger charge is 2.14. The van der Waals surface area contributed by atoms with Gasteiger partial charge in [-0.25, -0.2) is 14.4 Å². The number of hydrogen-bond donors (Lipinski definition) is 3. The largest absolute Gasteiger partial charge is 0.496 e. The van der Waals surface area contributed by atoms with Crippen LogP contribution >= 0.6 is 11.6 Å². The van der Waals surface area contributed by atoms with Crippen LogP contribution in [0.5, 0.6) is 5.75 Å². The summed E-state index contributed by atoms with van der Waals surface area (Å²) in [5, 5.41) is 9.67. The third-order valence-electron chi connectivity index (χ3n) is 4.46. The molecular weight excluding hydrogens is 397 g/mol. The minimum atomic E-state index is -0.493. The Kier molecular flexibility index (Phi) is 6.46. The topological polar surface area (TPSA) is 88.2 Å². The van der Waals surface area contributed by atoms with Gasteiger partial charge >= 0.3 is 0 Å². The van der Waals surface area contributed by atoms with Crippen LogP contribution in [0, 0.1) is 5.82 Å². The van der Waals surface area contributed by atoms with Crippen LogP contribution in [-0.2, 0) is 11.3 Å². The highest BCUT2D eigenvalue weighted by atomic mass is 35.5. The minimum Gasteiger partial charge on any atom is -0.496 e. The summed E-state index contributed by atoms with van der Waals surface area (Å²) >= 11 is 5.87. The number of aromatic nitrogens is 2. The lowest BCUT2D eigenvalue weighted by Crippen LogP contribution is -2.40. The van der Waals surface area contributed by atoms with E-state index >= 15 is 0 Å². The van der Waals surface area contributed by atoms with Crippen LogP contribution in [0.25, 0.3) is 10.9 Å². The lowest BCUT2D eigenvalue weighted by Gasteiger charge is -2.16.